The van der Waals surface area contributed by atoms with Crippen molar-refractivity contribution in [2.45, 2.75) is 20.4 Å². The maximum absolute atomic E-state index is 12.5. The van der Waals surface area contributed by atoms with Crippen molar-refractivity contribution in [2.75, 3.05) is 38.0 Å². The molecule has 2 aromatic rings. The van der Waals surface area contributed by atoms with Crippen molar-refractivity contribution in [1.29, 1.82) is 0 Å². The Bertz CT molecular complexity index is 708. The van der Waals surface area contributed by atoms with Crippen LogP contribution in [0.4, 0.5) is 5.95 Å². The summed E-state index contributed by atoms with van der Waals surface area (Å²) in [4.78, 5) is 25.3. The molecule has 1 saturated heterocycles. The first-order chi connectivity index (χ1) is 12.2. The van der Waals surface area contributed by atoms with E-state index in [-0.39, 0.29) is 5.91 Å². The predicted molar refractivity (Wildman–Crippen MR) is 98.6 cm³/mol. The monoisotopic (exact) mass is 339 g/mol. The first kappa shape index (κ1) is 17.4. The van der Waals surface area contributed by atoms with Gasteiger partial charge in [-0.3, -0.25) is 4.79 Å². The van der Waals surface area contributed by atoms with Crippen molar-refractivity contribution < 1.29 is 4.79 Å². The number of benzene rings is 1. The molecule has 0 saturated carbocycles. The second kappa shape index (κ2) is 8.07. The smallest absolute Gasteiger partial charge is 0.257 e. The second-order valence-electron chi connectivity index (χ2n) is 6.36. The molecule has 0 atom stereocenters. The number of nitrogens with zero attached hydrogens (tertiary/aromatic N) is 4. The molecular formula is C19H25N5O. The molecule has 0 radical (unpaired) electrons. The Kier molecular flexibility index (Phi) is 5.60. The first-order valence-electron chi connectivity index (χ1n) is 8.79. The molecule has 1 N–H and O–H groups in total. The van der Waals surface area contributed by atoms with E-state index in [1.807, 2.05) is 11.0 Å². The molecule has 3 rings (SSSR count). The Morgan fingerprint density at radius 3 is 2.52 bits per heavy atom. The van der Waals surface area contributed by atoms with Crippen molar-refractivity contribution in [2.24, 2.45) is 0 Å². The van der Waals surface area contributed by atoms with Gasteiger partial charge in [-0.15, -0.1) is 0 Å². The van der Waals surface area contributed by atoms with Crippen molar-refractivity contribution in [3.63, 3.8) is 0 Å². The Morgan fingerprint density at radius 1 is 1.16 bits per heavy atom. The summed E-state index contributed by atoms with van der Waals surface area (Å²) in [5.74, 6) is 0.551. The van der Waals surface area contributed by atoms with Gasteiger partial charge in [0.1, 0.15) is 0 Å². The molecule has 1 amide bonds. The van der Waals surface area contributed by atoms with Crippen LogP contribution in [0.1, 0.15) is 28.4 Å². The van der Waals surface area contributed by atoms with Crippen LogP contribution >= 0.6 is 0 Å². The van der Waals surface area contributed by atoms with Crippen molar-refractivity contribution >= 4 is 11.9 Å². The fraction of sp³-hybridized carbons (Fsp3) is 0.421. The number of carbonyl (C=O) groups is 1. The highest BCUT2D eigenvalue weighted by molar-refractivity contribution is 5.93. The quantitative estimate of drug-likeness (QED) is 0.905. The van der Waals surface area contributed by atoms with E-state index in [0.717, 1.165) is 32.7 Å². The third kappa shape index (κ3) is 4.54. The Morgan fingerprint density at radius 2 is 1.88 bits per heavy atom. The van der Waals surface area contributed by atoms with Crippen LogP contribution in [-0.4, -0.2) is 58.4 Å². The molecule has 6 heteroatoms. The number of aryl methyl sites for hydroxylation is 1. The molecule has 1 aliphatic heterocycles. The maximum Gasteiger partial charge on any atom is 0.257 e. The number of anilines is 1. The highest BCUT2D eigenvalue weighted by Gasteiger charge is 2.21. The minimum absolute atomic E-state index is 0.0148. The number of aromatic nitrogens is 2. The molecule has 132 valence electrons. The molecule has 1 fully saturated rings. The molecule has 1 aromatic heterocycles. The summed E-state index contributed by atoms with van der Waals surface area (Å²) >= 11 is 0. The molecular weight excluding hydrogens is 314 g/mol. The van der Waals surface area contributed by atoms with Crippen LogP contribution in [0.25, 0.3) is 0 Å². The van der Waals surface area contributed by atoms with Gasteiger partial charge in [0.15, 0.2) is 0 Å². The van der Waals surface area contributed by atoms with E-state index in [1.54, 1.807) is 12.4 Å². The number of nitrogens with one attached hydrogen (secondary N) is 1. The van der Waals surface area contributed by atoms with Gasteiger partial charge in [0.2, 0.25) is 5.95 Å². The van der Waals surface area contributed by atoms with Crippen LogP contribution in [-0.2, 0) is 6.54 Å². The number of piperazine rings is 1. The SMILES string of the molecule is CCN1CCN(C(=O)c2cnc(NCc3cccc(C)c3)nc2)CC1. The first-order valence-corrected chi connectivity index (χ1v) is 8.79. The fourth-order valence-electron chi connectivity index (χ4n) is 2.98. The van der Waals surface area contributed by atoms with E-state index in [9.17, 15) is 4.79 Å². The van der Waals surface area contributed by atoms with Gasteiger partial charge in [-0.2, -0.15) is 0 Å². The number of carbonyl (C=O) groups excluding carboxylic acids is 1. The summed E-state index contributed by atoms with van der Waals surface area (Å²) in [6, 6.07) is 8.29. The molecule has 2 heterocycles. The maximum atomic E-state index is 12.5. The highest BCUT2D eigenvalue weighted by Crippen LogP contribution is 2.10. The molecule has 1 aromatic carbocycles. The molecule has 0 bridgehead atoms. The van der Waals surface area contributed by atoms with E-state index in [0.29, 0.717) is 18.1 Å². The van der Waals surface area contributed by atoms with Gasteiger partial charge in [-0.25, -0.2) is 9.97 Å². The molecule has 0 unspecified atom stereocenters. The summed E-state index contributed by atoms with van der Waals surface area (Å²) < 4.78 is 0. The van der Waals surface area contributed by atoms with E-state index in [4.69, 9.17) is 0 Å². The van der Waals surface area contributed by atoms with Gasteiger partial charge in [-0.1, -0.05) is 36.8 Å². The molecule has 0 aliphatic carbocycles. The highest BCUT2D eigenvalue weighted by atomic mass is 16.2. The minimum atomic E-state index is 0.0148. The molecule has 25 heavy (non-hydrogen) atoms. The lowest BCUT2D eigenvalue weighted by molar-refractivity contribution is 0.0642. The lowest BCUT2D eigenvalue weighted by Crippen LogP contribution is -2.48. The summed E-state index contributed by atoms with van der Waals surface area (Å²) in [5, 5.41) is 3.19. The molecule has 6 nitrogen and oxygen atoms in total. The number of amides is 1. The summed E-state index contributed by atoms with van der Waals surface area (Å²) in [7, 11) is 0. The standard InChI is InChI=1S/C19H25N5O/c1-3-23-7-9-24(10-8-23)18(25)17-13-21-19(22-14-17)20-12-16-6-4-5-15(2)11-16/h4-6,11,13-14H,3,7-10,12H2,1-2H3,(H,20,21,22). The van der Waals surface area contributed by atoms with E-state index in [1.165, 1.54) is 11.1 Å². The minimum Gasteiger partial charge on any atom is -0.350 e. The fourth-order valence-corrected chi connectivity index (χ4v) is 2.98. The van der Waals surface area contributed by atoms with Crippen LogP contribution < -0.4 is 5.32 Å². The topological polar surface area (TPSA) is 61.4 Å². The Labute approximate surface area is 148 Å². The van der Waals surface area contributed by atoms with Crippen LogP contribution in [0.5, 0.6) is 0 Å². The third-order valence-electron chi connectivity index (χ3n) is 4.54. The van der Waals surface area contributed by atoms with Crippen molar-refractivity contribution in [3.05, 3.63) is 53.3 Å². The van der Waals surface area contributed by atoms with E-state index < -0.39 is 0 Å². The van der Waals surface area contributed by atoms with Crippen LogP contribution in [0.15, 0.2) is 36.7 Å². The van der Waals surface area contributed by atoms with Crippen LogP contribution in [0.3, 0.4) is 0 Å². The van der Waals surface area contributed by atoms with E-state index in [2.05, 4.69) is 52.2 Å². The van der Waals surface area contributed by atoms with Crippen LogP contribution in [0.2, 0.25) is 0 Å². The normalized spacial score (nSPS) is 15.2. The number of likely N-dealkylation sites (N-methyl/N-ethyl adjacent to an activating group) is 1. The Balaban J connectivity index is 1.55. The average molecular weight is 339 g/mol. The number of hydrogen-bond acceptors (Lipinski definition) is 5. The zero-order valence-electron chi connectivity index (χ0n) is 14.9. The third-order valence-corrected chi connectivity index (χ3v) is 4.54. The largest absolute Gasteiger partial charge is 0.350 e. The summed E-state index contributed by atoms with van der Waals surface area (Å²) in [6.07, 6.45) is 3.22. The van der Waals surface area contributed by atoms with Gasteiger partial charge in [-0.05, 0) is 19.0 Å². The van der Waals surface area contributed by atoms with Gasteiger partial charge < -0.3 is 15.1 Å². The van der Waals surface area contributed by atoms with Crippen LogP contribution in [0, 0.1) is 6.92 Å². The van der Waals surface area contributed by atoms with Gasteiger partial charge in [0.05, 0.1) is 5.56 Å². The Hall–Kier alpha value is -2.47. The zero-order chi connectivity index (χ0) is 17.6. The van der Waals surface area contributed by atoms with E-state index >= 15 is 0 Å². The number of hydrogen-bond donors (Lipinski definition) is 1. The summed E-state index contributed by atoms with van der Waals surface area (Å²) in [6.45, 7) is 9.30. The lowest BCUT2D eigenvalue weighted by Gasteiger charge is -2.33. The van der Waals surface area contributed by atoms with Gasteiger partial charge in [0.25, 0.3) is 5.91 Å². The summed E-state index contributed by atoms with van der Waals surface area (Å²) in [5.41, 5.74) is 2.95. The zero-order valence-corrected chi connectivity index (χ0v) is 14.9. The lowest BCUT2D eigenvalue weighted by atomic mass is 10.1. The average Bonchev–Trinajstić information content (AvgIpc) is 2.66. The second-order valence-corrected chi connectivity index (χ2v) is 6.36. The molecule has 0 spiro atoms. The van der Waals surface area contributed by atoms with Gasteiger partial charge in [0, 0.05) is 45.1 Å². The number of rotatable bonds is 5. The van der Waals surface area contributed by atoms with Crippen molar-refractivity contribution in [1.82, 2.24) is 19.8 Å². The van der Waals surface area contributed by atoms with Crippen molar-refractivity contribution in [3.8, 4) is 0 Å². The van der Waals surface area contributed by atoms with Gasteiger partial charge >= 0.3 is 0 Å². The predicted octanol–water partition coefficient (Wildman–Crippen LogP) is 2.17. The molecule has 1 aliphatic rings.